The van der Waals surface area contributed by atoms with Gasteiger partial charge in [-0.25, -0.2) is 0 Å². The fourth-order valence-corrected chi connectivity index (χ4v) is 4.27. The summed E-state index contributed by atoms with van der Waals surface area (Å²) in [5, 5.41) is 10.7. The molecule has 0 radical (unpaired) electrons. The highest BCUT2D eigenvalue weighted by Crippen LogP contribution is 2.37. The van der Waals surface area contributed by atoms with E-state index in [4.69, 9.17) is 16.6 Å². The van der Waals surface area contributed by atoms with Crippen molar-refractivity contribution >= 4 is 28.9 Å². The number of aliphatic imine (C=N–C) groups is 1. The SMILES string of the molecule is O=C1C(Cc2ccccc2)N=C(c2cccc(O)c2)c2ccc(Cl)cc2N1CC1CC1. The van der Waals surface area contributed by atoms with Crippen molar-refractivity contribution in [1.29, 1.82) is 0 Å². The van der Waals surface area contributed by atoms with Crippen LogP contribution in [0.15, 0.2) is 77.8 Å². The minimum atomic E-state index is -0.551. The monoisotopic (exact) mass is 430 g/mol. The average molecular weight is 431 g/mol. The van der Waals surface area contributed by atoms with Crippen molar-refractivity contribution in [2.75, 3.05) is 11.4 Å². The molecule has 156 valence electrons. The molecule has 3 aromatic carbocycles. The first-order valence-electron chi connectivity index (χ1n) is 10.6. The molecule has 1 saturated carbocycles. The van der Waals surface area contributed by atoms with E-state index in [1.54, 1.807) is 18.2 Å². The van der Waals surface area contributed by atoms with Crippen LogP contribution < -0.4 is 4.90 Å². The fraction of sp³-hybridized carbons (Fsp3) is 0.231. The number of carbonyl (C=O) groups excluding carboxylic acids is 1. The Hall–Kier alpha value is -3.11. The lowest BCUT2D eigenvalue weighted by molar-refractivity contribution is -0.119. The summed E-state index contributed by atoms with van der Waals surface area (Å²) < 4.78 is 0. The number of nitrogens with zero attached hydrogens (tertiary/aromatic N) is 2. The molecule has 0 bridgehead atoms. The Morgan fingerprint density at radius 1 is 1.00 bits per heavy atom. The summed E-state index contributed by atoms with van der Waals surface area (Å²) in [5.41, 5.74) is 4.20. The number of fused-ring (bicyclic) bond motifs is 1. The van der Waals surface area contributed by atoms with Crippen LogP contribution in [0.2, 0.25) is 5.02 Å². The number of benzodiazepines with no additional fused rings is 1. The molecule has 1 aliphatic carbocycles. The summed E-state index contributed by atoms with van der Waals surface area (Å²) >= 11 is 6.36. The topological polar surface area (TPSA) is 52.9 Å². The lowest BCUT2D eigenvalue weighted by Gasteiger charge is -2.25. The van der Waals surface area contributed by atoms with Crippen molar-refractivity contribution < 1.29 is 9.90 Å². The molecule has 0 aromatic heterocycles. The number of hydrogen-bond donors (Lipinski definition) is 1. The maximum atomic E-state index is 13.8. The van der Waals surface area contributed by atoms with Gasteiger partial charge in [-0.2, -0.15) is 0 Å². The third-order valence-electron chi connectivity index (χ3n) is 5.87. The number of halogens is 1. The van der Waals surface area contributed by atoms with Crippen LogP contribution in [0.3, 0.4) is 0 Å². The van der Waals surface area contributed by atoms with Gasteiger partial charge in [-0.1, -0.05) is 54.1 Å². The van der Waals surface area contributed by atoms with Gasteiger partial charge in [-0.3, -0.25) is 9.79 Å². The zero-order valence-electron chi connectivity index (χ0n) is 17.0. The number of rotatable bonds is 5. The predicted molar refractivity (Wildman–Crippen MR) is 124 cm³/mol. The number of anilines is 1. The molecule has 1 fully saturated rings. The van der Waals surface area contributed by atoms with Crippen molar-refractivity contribution in [3.05, 3.63) is 94.5 Å². The van der Waals surface area contributed by atoms with Crippen LogP contribution in [0.5, 0.6) is 5.75 Å². The van der Waals surface area contributed by atoms with E-state index < -0.39 is 6.04 Å². The third kappa shape index (κ3) is 4.21. The molecule has 5 rings (SSSR count). The van der Waals surface area contributed by atoms with Crippen molar-refractivity contribution in [3.63, 3.8) is 0 Å². The molecule has 1 unspecified atom stereocenters. The molecule has 2 aliphatic rings. The molecule has 1 aliphatic heterocycles. The molecule has 1 amide bonds. The van der Waals surface area contributed by atoms with E-state index in [0.29, 0.717) is 29.6 Å². The molecule has 0 spiro atoms. The van der Waals surface area contributed by atoms with Crippen molar-refractivity contribution in [3.8, 4) is 5.75 Å². The van der Waals surface area contributed by atoms with Gasteiger partial charge in [0.1, 0.15) is 11.8 Å². The number of aromatic hydroxyl groups is 1. The lowest BCUT2D eigenvalue weighted by atomic mass is 9.99. The second-order valence-corrected chi connectivity index (χ2v) is 8.72. The van der Waals surface area contributed by atoms with Gasteiger partial charge in [0.05, 0.1) is 11.4 Å². The largest absolute Gasteiger partial charge is 0.508 e. The van der Waals surface area contributed by atoms with Crippen LogP contribution >= 0.6 is 11.6 Å². The smallest absolute Gasteiger partial charge is 0.252 e. The highest BCUT2D eigenvalue weighted by atomic mass is 35.5. The first-order chi connectivity index (χ1) is 15.1. The van der Waals surface area contributed by atoms with E-state index in [9.17, 15) is 9.90 Å². The van der Waals surface area contributed by atoms with E-state index in [1.807, 2.05) is 59.5 Å². The maximum Gasteiger partial charge on any atom is 0.252 e. The molecule has 1 N–H and O–H groups in total. The molecule has 1 atom stereocenters. The predicted octanol–water partition coefficient (Wildman–Crippen LogP) is 5.25. The number of amides is 1. The molecule has 0 saturated heterocycles. The first-order valence-corrected chi connectivity index (χ1v) is 11.0. The number of benzene rings is 3. The van der Waals surface area contributed by atoms with Crippen molar-refractivity contribution in [2.45, 2.75) is 25.3 Å². The van der Waals surface area contributed by atoms with E-state index in [1.165, 1.54) is 0 Å². The maximum absolute atomic E-state index is 13.8. The van der Waals surface area contributed by atoms with Crippen molar-refractivity contribution in [2.24, 2.45) is 10.9 Å². The Morgan fingerprint density at radius 3 is 2.55 bits per heavy atom. The second kappa shape index (κ2) is 8.20. The van der Waals surface area contributed by atoms with Crippen LogP contribution in [0, 0.1) is 5.92 Å². The van der Waals surface area contributed by atoms with Gasteiger partial charge < -0.3 is 10.0 Å². The second-order valence-electron chi connectivity index (χ2n) is 8.29. The zero-order valence-corrected chi connectivity index (χ0v) is 17.8. The van der Waals surface area contributed by atoms with Crippen LogP contribution in [-0.2, 0) is 11.2 Å². The Kier molecular flexibility index (Phi) is 5.24. The van der Waals surface area contributed by atoms with Gasteiger partial charge in [0, 0.05) is 29.1 Å². The zero-order chi connectivity index (χ0) is 21.4. The van der Waals surface area contributed by atoms with Crippen LogP contribution in [-0.4, -0.2) is 29.3 Å². The normalized spacial score (nSPS) is 18.4. The van der Waals surface area contributed by atoms with E-state index in [0.717, 1.165) is 35.2 Å². The Labute approximate surface area is 186 Å². The third-order valence-corrected chi connectivity index (χ3v) is 6.11. The standard InChI is InChI=1S/C26H23ClN2O2/c27-20-11-12-22-24(15-20)29(16-18-9-10-18)26(31)23(13-17-5-2-1-3-6-17)28-25(22)19-7-4-8-21(30)14-19/h1-8,11-12,14-15,18,23,30H,9-10,13,16H2. The number of phenols is 1. The number of hydrogen-bond acceptors (Lipinski definition) is 3. The fourth-order valence-electron chi connectivity index (χ4n) is 4.11. The Balaban J connectivity index is 1.67. The highest BCUT2D eigenvalue weighted by Gasteiger charge is 2.35. The minimum Gasteiger partial charge on any atom is -0.508 e. The molecule has 4 nitrogen and oxygen atoms in total. The van der Waals surface area contributed by atoms with Crippen LogP contribution in [0.1, 0.15) is 29.5 Å². The first kappa shape index (κ1) is 19.8. The van der Waals surface area contributed by atoms with Crippen LogP contribution in [0.25, 0.3) is 0 Å². The van der Waals surface area contributed by atoms with Gasteiger partial charge >= 0.3 is 0 Å². The van der Waals surface area contributed by atoms with E-state index in [-0.39, 0.29) is 11.7 Å². The summed E-state index contributed by atoms with van der Waals surface area (Å²) in [6.07, 6.45) is 2.80. The van der Waals surface area contributed by atoms with Gasteiger partial charge in [-0.15, -0.1) is 0 Å². The summed E-state index contributed by atoms with van der Waals surface area (Å²) in [4.78, 5) is 20.6. The molecule has 1 heterocycles. The van der Waals surface area contributed by atoms with Gasteiger partial charge in [0.15, 0.2) is 0 Å². The van der Waals surface area contributed by atoms with E-state index >= 15 is 0 Å². The Morgan fingerprint density at radius 2 is 1.81 bits per heavy atom. The van der Waals surface area contributed by atoms with E-state index in [2.05, 4.69) is 0 Å². The number of carbonyl (C=O) groups is 1. The minimum absolute atomic E-state index is 0.00516. The average Bonchev–Trinajstić information content (AvgIpc) is 3.60. The molecular formula is C26H23ClN2O2. The highest BCUT2D eigenvalue weighted by molar-refractivity contribution is 6.31. The summed E-state index contributed by atoms with van der Waals surface area (Å²) in [6, 6.07) is 22.1. The molecule has 31 heavy (non-hydrogen) atoms. The van der Waals surface area contributed by atoms with Crippen LogP contribution in [0.4, 0.5) is 5.69 Å². The molecular weight excluding hydrogens is 408 g/mol. The Bertz CT molecular complexity index is 1160. The number of phenolic OH excluding ortho intramolecular Hbond substituents is 1. The quantitative estimate of drug-likeness (QED) is 0.601. The van der Waals surface area contributed by atoms with Gasteiger partial charge in [0.2, 0.25) is 0 Å². The summed E-state index contributed by atoms with van der Waals surface area (Å²) in [6.45, 7) is 0.681. The van der Waals surface area contributed by atoms with Gasteiger partial charge in [0.25, 0.3) is 5.91 Å². The molecule has 5 heteroatoms. The molecule has 3 aromatic rings. The lowest BCUT2D eigenvalue weighted by Crippen LogP contribution is -2.40. The summed E-state index contributed by atoms with van der Waals surface area (Å²) in [7, 11) is 0. The van der Waals surface area contributed by atoms with Crippen molar-refractivity contribution in [1.82, 2.24) is 0 Å². The van der Waals surface area contributed by atoms with Gasteiger partial charge in [-0.05, 0) is 54.7 Å². The summed E-state index contributed by atoms with van der Waals surface area (Å²) in [5.74, 6) is 0.686.